The highest BCUT2D eigenvalue weighted by molar-refractivity contribution is 6.10. The molecule has 4 rings (SSSR count). The van der Waals surface area contributed by atoms with Gasteiger partial charge in [-0.15, -0.1) is 0 Å². The third-order valence-corrected chi connectivity index (χ3v) is 6.11. The second-order valence-corrected chi connectivity index (χ2v) is 8.04. The summed E-state index contributed by atoms with van der Waals surface area (Å²) in [5, 5.41) is 2.39. The van der Waals surface area contributed by atoms with E-state index in [0.717, 1.165) is 23.4 Å². The Morgan fingerprint density at radius 3 is 2.37 bits per heavy atom. The average molecular weight is 403 g/mol. The molecule has 1 atom stereocenters. The van der Waals surface area contributed by atoms with Crippen LogP contribution in [0, 0.1) is 20.8 Å². The van der Waals surface area contributed by atoms with E-state index < -0.39 is 0 Å². The number of aromatic nitrogens is 2. The standard InChI is InChI=1S/C26H30N2O2/c1-7-19(15-29-5)28-12-11-21-18(4)27-25-22(9-8-10-23(25)26(21)28)24-16(2)13-20(30-6)14-17(24)3/h8-14,19H,7,15H2,1-6H3. The molecule has 0 bridgehead atoms. The molecular weight excluding hydrogens is 372 g/mol. The normalized spacial score (nSPS) is 12.6. The van der Waals surface area contributed by atoms with Crippen LogP contribution in [0.5, 0.6) is 5.75 Å². The zero-order valence-electron chi connectivity index (χ0n) is 18.7. The minimum Gasteiger partial charge on any atom is -0.497 e. The molecule has 30 heavy (non-hydrogen) atoms. The highest BCUT2D eigenvalue weighted by Crippen LogP contribution is 2.38. The summed E-state index contributed by atoms with van der Waals surface area (Å²) in [5.41, 5.74) is 8.13. The van der Waals surface area contributed by atoms with Crippen molar-refractivity contribution in [1.29, 1.82) is 0 Å². The number of rotatable bonds is 6. The van der Waals surface area contributed by atoms with Crippen molar-refractivity contribution >= 4 is 21.8 Å². The topological polar surface area (TPSA) is 36.3 Å². The lowest BCUT2D eigenvalue weighted by atomic mass is 9.93. The van der Waals surface area contributed by atoms with E-state index in [-0.39, 0.29) is 0 Å². The minimum atomic E-state index is 0.297. The summed E-state index contributed by atoms with van der Waals surface area (Å²) in [6, 6.07) is 13.2. The summed E-state index contributed by atoms with van der Waals surface area (Å²) in [7, 11) is 3.48. The van der Waals surface area contributed by atoms with Gasteiger partial charge in [0.05, 0.1) is 30.8 Å². The van der Waals surface area contributed by atoms with E-state index in [2.05, 4.69) is 74.9 Å². The van der Waals surface area contributed by atoms with Crippen LogP contribution in [0.4, 0.5) is 0 Å². The van der Waals surface area contributed by atoms with E-state index in [9.17, 15) is 0 Å². The first-order valence-corrected chi connectivity index (χ1v) is 10.5. The van der Waals surface area contributed by atoms with E-state index in [0.29, 0.717) is 12.6 Å². The Morgan fingerprint density at radius 2 is 1.73 bits per heavy atom. The van der Waals surface area contributed by atoms with Crippen LogP contribution in [0.1, 0.15) is 36.2 Å². The Bertz CT molecular complexity index is 1200. The fourth-order valence-electron chi connectivity index (χ4n) is 4.67. The third-order valence-electron chi connectivity index (χ3n) is 6.11. The van der Waals surface area contributed by atoms with Gasteiger partial charge in [-0.05, 0) is 62.1 Å². The largest absolute Gasteiger partial charge is 0.497 e. The van der Waals surface area contributed by atoms with E-state index >= 15 is 0 Å². The fraction of sp³-hybridized carbons (Fsp3) is 0.346. The van der Waals surface area contributed by atoms with Gasteiger partial charge in [0.15, 0.2) is 0 Å². The van der Waals surface area contributed by atoms with E-state index in [1.807, 2.05) is 0 Å². The maximum absolute atomic E-state index is 5.51. The lowest BCUT2D eigenvalue weighted by molar-refractivity contribution is 0.155. The molecule has 1 unspecified atom stereocenters. The van der Waals surface area contributed by atoms with Gasteiger partial charge in [0, 0.05) is 35.3 Å². The van der Waals surface area contributed by atoms with Crippen molar-refractivity contribution in [3.63, 3.8) is 0 Å². The maximum Gasteiger partial charge on any atom is 0.119 e. The average Bonchev–Trinajstić information content (AvgIpc) is 3.18. The van der Waals surface area contributed by atoms with Crippen LogP contribution in [0.3, 0.4) is 0 Å². The van der Waals surface area contributed by atoms with E-state index in [4.69, 9.17) is 14.5 Å². The molecule has 0 saturated carbocycles. The quantitative estimate of drug-likeness (QED) is 0.375. The number of fused-ring (bicyclic) bond motifs is 3. The lowest BCUT2D eigenvalue weighted by Crippen LogP contribution is -2.13. The van der Waals surface area contributed by atoms with Crippen molar-refractivity contribution in [2.24, 2.45) is 0 Å². The first-order valence-electron chi connectivity index (χ1n) is 10.5. The van der Waals surface area contributed by atoms with Crippen molar-refractivity contribution in [2.75, 3.05) is 20.8 Å². The van der Waals surface area contributed by atoms with Crippen molar-refractivity contribution < 1.29 is 9.47 Å². The second kappa shape index (κ2) is 8.11. The highest BCUT2D eigenvalue weighted by atomic mass is 16.5. The molecule has 0 radical (unpaired) electrons. The Morgan fingerprint density at radius 1 is 1.00 bits per heavy atom. The lowest BCUT2D eigenvalue weighted by Gasteiger charge is -2.20. The van der Waals surface area contributed by atoms with Gasteiger partial charge in [-0.2, -0.15) is 0 Å². The summed E-state index contributed by atoms with van der Waals surface area (Å²) in [6.07, 6.45) is 3.19. The molecule has 0 aliphatic rings. The Hall–Kier alpha value is -2.85. The van der Waals surface area contributed by atoms with Crippen LogP contribution in [-0.4, -0.2) is 30.4 Å². The van der Waals surface area contributed by atoms with E-state index in [1.165, 1.54) is 38.5 Å². The number of pyridine rings is 1. The predicted octanol–water partition coefficient (Wildman–Crippen LogP) is 6.39. The first kappa shape index (κ1) is 20.4. The molecule has 0 spiro atoms. The molecule has 0 fully saturated rings. The molecule has 0 amide bonds. The van der Waals surface area contributed by atoms with Gasteiger partial charge in [0.1, 0.15) is 5.75 Å². The summed E-state index contributed by atoms with van der Waals surface area (Å²) >= 11 is 0. The van der Waals surface area contributed by atoms with E-state index in [1.54, 1.807) is 14.2 Å². The van der Waals surface area contributed by atoms with Gasteiger partial charge >= 0.3 is 0 Å². The van der Waals surface area contributed by atoms with Gasteiger partial charge < -0.3 is 14.0 Å². The first-order chi connectivity index (χ1) is 14.5. The zero-order valence-corrected chi connectivity index (χ0v) is 18.7. The predicted molar refractivity (Wildman–Crippen MR) is 125 cm³/mol. The van der Waals surface area contributed by atoms with Crippen molar-refractivity contribution in [3.05, 3.63) is 59.4 Å². The van der Waals surface area contributed by atoms with Crippen molar-refractivity contribution in [2.45, 2.75) is 40.2 Å². The number of nitrogens with zero attached hydrogens (tertiary/aromatic N) is 2. The van der Waals surface area contributed by atoms with Gasteiger partial charge in [-0.1, -0.05) is 25.1 Å². The number of aryl methyl sites for hydroxylation is 3. The van der Waals surface area contributed by atoms with Crippen LogP contribution >= 0.6 is 0 Å². The van der Waals surface area contributed by atoms with Crippen molar-refractivity contribution in [3.8, 4) is 16.9 Å². The Kier molecular flexibility index (Phi) is 5.52. The number of para-hydroxylation sites is 1. The summed E-state index contributed by atoms with van der Waals surface area (Å²) < 4.78 is 13.3. The summed E-state index contributed by atoms with van der Waals surface area (Å²) in [6.45, 7) is 9.29. The minimum absolute atomic E-state index is 0.297. The summed E-state index contributed by atoms with van der Waals surface area (Å²) in [5.74, 6) is 0.889. The van der Waals surface area contributed by atoms with Gasteiger partial charge in [0.2, 0.25) is 0 Å². The van der Waals surface area contributed by atoms with Crippen LogP contribution in [0.2, 0.25) is 0 Å². The summed E-state index contributed by atoms with van der Waals surface area (Å²) in [4.78, 5) is 5.07. The monoisotopic (exact) mass is 402 g/mol. The third kappa shape index (κ3) is 3.25. The molecule has 4 heteroatoms. The zero-order chi connectivity index (χ0) is 21.4. The molecule has 2 aromatic heterocycles. The van der Waals surface area contributed by atoms with Crippen LogP contribution in [-0.2, 0) is 4.74 Å². The van der Waals surface area contributed by atoms with Crippen LogP contribution < -0.4 is 4.74 Å². The van der Waals surface area contributed by atoms with Gasteiger partial charge in [-0.25, -0.2) is 0 Å². The molecule has 156 valence electrons. The van der Waals surface area contributed by atoms with Crippen LogP contribution in [0.25, 0.3) is 32.9 Å². The number of methoxy groups -OCH3 is 2. The molecule has 0 aliphatic heterocycles. The fourth-order valence-corrected chi connectivity index (χ4v) is 4.67. The molecule has 0 N–H and O–H groups in total. The molecule has 0 saturated heterocycles. The molecule has 2 aromatic carbocycles. The van der Waals surface area contributed by atoms with Gasteiger partial charge in [-0.3, -0.25) is 4.98 Å². The number of hydrogen-bond acceptors (Lipinski definition) is 3. The van der Waals surface area contributed by atoms with Crippen LogP contribution in [0.15, 0.2) is 42.6 Å². The number of ether oxygens (including phenoxy) is 2. The molecule has 0 aliphatic carbocycles. The Balaban J connectivity index is 2.05. The van der Waals surface area contributed by atoms with Gasteiger partial charge in [0.25, 0.3) is 0 Å². The number of hydrogen-bond donors (Lipinski definition) is 0. The molecule has 4 aromatic rings. The number of benzene rings is 2. The smallest absolute Gasteiger partial charge is 0.119 e. The molecular formula is C26H30N2O2. The Labute approximate surface area is 178 Å². The SMILES string of the molecule is CCC(COC)n1ccc2c(C)nc3c(-c4c(C)cc(OC)cc4C)cccc3c21. The molecule has 4 nitrogen and oxygen atoms in total. The molecule has 2 heterocycles. The highest BCUT2D eigenvalue weighted by Gasteiger charge is 2.19. The van der Waals surface area contributed by atoms with Crippen molar-refractivity contribution in [1.82, 2.24) is 9.55 Å². The maximum atomic E-state index is 5.51. The second-order valence-electron chi connectivity index (χ2n) is 8.04.